The van der Waals surface area contributed by atoms with E-state index < -0.39 is 17.9 Å². The molecule has 162 valence electrons. The molecule has 0 bridgehead atoms. The Morgan fingerprint density at radius 1 is 1.06 bits per heavy atom. The van der Waals surface area contributed by atoms with Crippen LogP contribution in [-0.4, -0.2) is 16.0 Å². The number of rotatable bonds is 4. The van der Waals surface area contributed by atoms with E-state index in [1.54, 1.807) is 43.3 Å². The number of hydrogen-bond donors (Lipinski definition) is 2. The van der Waals surface area contributed by atoms with Crippen LogP contribution < -0.4 is 15.8 Å². The number of urea groups is 1. The maximum atomic E-state index is 13.5. The van der Waals surface area contributed by atoms with Crippen molar-refractivity contribution in [2.75, 3.05) is 10.2 Å². The Kier molecular flexibility index (Phi) is 6.12. The molecule has 0 aliphatic carbocycles. The lowest BCUT2D eigenvalue weighted by Crippen LogP contribution is -2.38. The zero-order chi connectivity index (χ0) is 22.8. The Hall–Kier alpha value is -3.42. The minimum atomic E-state index is -0.694. The average Bonchev–Trinajstić information content (AvgIpc) is 2.77. The SMILES string of the molecule is CC(c1nc2ccccc2c(=O)[nH]1)N(C(=O)Nc1ccc(Cl)c(Cl)c1)c1ccc(F)cc1. The van der Waals surface area contributed by atoms with Gasteiger partial charge < -0.3 is 10.3 Å². The third kappa shape index (κ3) is 4.44. The number of H-pyrrole nitrogens is 1. The number of benzene rings is 3. The monoisotopic (exact) mass is 470 g/mol. The van der Waals surface area contributed by atoms with Crippen LogP contribution >= 0.6 is 23.2 Å². The fourth-order valence-corrected chi connectivity index (χ4v) is 3.60. The average molecular weight is 471 g/mol. The molecule has 0 aliphatic heterocycles. The van der Waals surface area contributed by atoms with E-state index in [1.807, 2.05) is 0 Å². The van der Waals surface area contributed by atoms with Gasteiger partial charge in [0, 0.05) is 11.4 Å². The number of amides is 2. The number of carbonyl (C=O) groups is 1. The van der Waals surface area contributed by atoms with Gasteiger partial charge in [-0.1, -0.05) is 35.3 Å². The summed E-state index contributed by atoms with van der Waals surface area (Å²) in [6.07, 6.45) is 0. The van der Waals surface area contributed by atoms with Crippen LogP contribution in [0.5, 0.6) is 0 Å². The van der Waals surface area contributed by atoms with E-state index in [4.69, 9.17) is 23.2 Å². The molecule has 2 N–H and O–H groups in total. The lowest BCUT2D eigenvalue weighted by molar-refractivity contribution is 0.255. The summed E-state index contributed by atoms with van der Waals surface area (Å²) < 4.78 is 13.5. The van der Waals surface area contributed by atoms with Crippen molar-refractivity contribution < 1.29 is 9.18 Å². The van der Waals surface area contributed by atoms with E-state index in [0.717, 1.165) is 0 Å². The summed E-state index contributed by atoms with van der Waals surface area (Å²) in [5, 5.41) is 3.83. The first-order chi connectivity index (χ1) is 15.3. The highest BCUT2D eigenvalue weighted by molar-refractivity contribution is 6.42. The summed E-state index contributed by atoms with van der Waals surface area (Å²) >= 11 is 12.0. The predicted octanol–water partition coefficient (Wildman–Crippen LogP) is 6.17. The van der Waals surface area contributed by atoms with Crippen LogP contribution in [0.2, 0.25) is 10.0 Å². The number of para-hydroxylation sites is 1. The van der Waals surface area contributed by atoms with Crippen LogP contribution in [0.1, 0.15) is 18.8 Å². The van der Waals surface area contributed by atoms with Gasteiger partial charge in [0.15, 0.2) is 0 Å². The van der Waals surface area contributed by atoms with Gasteiger partial charge in [0.05, 0.1) is 27.0 Å². The summed E-state index contributed by atoms with van der Waals surface area (Å²) in [5.74, 6) is -0.161. The Bertz CT molecular complexity index is 1360. The quantitative estimate of drug-likeness (QED) is 0.374. The molecular weight excluding hydrogens is 454 g/mol. The van der Waals surface area contributed by atoms with Crippen molar-refractivity contribution in [2.45, 2.75) is 13.0 Å². The zero-order valence-electron chi connectivity index (χ0n) is 16.8. The van der Waals surface area contributed by atoms with Crippen molar-refractivity contribution in [3.05, 3.63) is 98.8 Å². The largest absolute Gasteiger partial charge is 0.326 e. The maximum absolute atomic E-state index is 13.5. The summed E-state index contributed by atoms with van der Waals surface area (Å²) in [5.41, 5.74) is 1.01. The molecule has 0 aliphatic rings. The smallest absolute Gasteiger partial charge is 0.308 e. The van der Waals surface area contributed by atoms with Gasteiger partial charge >= 0.3 is 6.03 Å². The summed E-state index contributed by atoms with van der Waals surface area (Å²) in [6.45, 7) is 1.71. The molecule has 1 atom stereocenters. The number of halogens is 3. The fraction of sp³-hybridized carbons (Fsp3) is 0.0870. The highest BCUT2D eigenvalue weighted by atomic mass is 35.5. The second-order valence-electron chi connectivity index (χ2n) is 7.05. The van der Waals surface area contributed by atoms with Crippen molar-refractivity contribution in [2.24, 2.45) is 0 Å². The Balaban J connectivity index is 1.75. The third-order valence-corrected chi connectivity index (χ3v) is 5.65. The standard InChI is InChI=1S/C23H17Cl2FN4O2/c1-13(21-28-20-5-3-2-4-17(20)22(31)29-21)30(16-9-6-14(26)7-10-16)23(32)27-15-8-11-18(24)19(25)12-15/h2-13H,1H3,(H,27,32)(H,28,29,31). The first-order valence-corrected chi connectivity index (χ1v) is 10.4. The van der Waals surface area contributed by atoms with E-state index in [2.05, 4.69) is 15.3 Å². The number of nitrogens with zero attached hydrogens (tertiary/aromatic N) is 2. The molecule has 1 heterocycles. The molecule has 9 heteroatoms. The minimum absolute atomic E-state index is 0.280. The topological polar surface area (TPSA) is 78.1 Å². The Morgan fingerprint density at radius 3 is 2.50 bits per heavy atom. The van der Waals surface area contributed by atoms with Gasteiger partial charge in [0.2, 0.25) is 0 Å². The molecule has 0 saturated carbocycles. The van der Waals surface area contributed by atoms with Crippen molar-refractivity contribution >= 4 is 51.5 Å². The number of aromatic amines is 1. The van der Waals surface area contributed by atoms with Gasteiger partial charge in [-0.3, -0.25) is 9.69 Å². The van der Waals surface area contributed by atoms with E-state index in [-0.39, 0.29) is 16.4 Å². The van der Waals surface area contributed by atoms with Gasteiger partial charge in [-0.15, -0.1) is 0 Å². The van der Waals surface area contributed by atoms with Crippen LogP contribution in [0.3, 0.4) is 0 Å². The van der Waals surface area contributed by atoms with Gasteiger partial charge in [0.25, 0.3) is 5.56 Å². The number of anilines is 2. The molecule has 0 saturated heterocycles. The molecule has 0 radical (unpaired) electrons. The molecule has 3 aromatic carbocycles. The minimum Gasteiger partial charge on any atom is -0.308 e. The van der Waals surface area contributed by atoms with E-state index in [9.17, 15) is 14.0 Å². The number of hydrogen-bond acceptors (Lipinski definition) is 3. The molecule has 6 nitrogen and oxygen atoms in total. The zero-order valence-corrected chi connectivity index (χ0v) is 18.3. The van der Waals surface area contributed by atoms with Gasteiger partial charge in [-0.25, -0.2) is 14.2 Å². The molecular formula is C23H17Cl2FN4O2. The molecule has 4 aromatic rings. The lowest BCUT2D eigenvalue weighted by atomic mass is 10.2. The van der Waals surface area contributed by atoms with E-state index in [1.165, 1.54) is 35.2 Å². The normalized spacial score (nSPS) is 11.9. The van der Waals surface area contributed by atoms with Crippen molar-refractivity contribution in [1.82, 2.24) is 9.97 Å². The first kappa shape index (κ1) is 21.8. The molecule has 0 spiro atoms. The highest BCUT2D eigenvalue weighted by Crippen LogP contribution is 2.29. The van der Waals surface area contributed by atoms with Gasteiger partial charge in [-0.05, 0) is 61.5 Å². The second-order valence-corrected chi connectivity index (χ2v) is 7.86. The molecule has 4 rings (SSSR count). The summed E-state index contributed by atoms with van der Waals surface area (Å²) in [4.78, 5) is 34.5. The fourth-order valence-electron chi connectivity index (χ4n) is 3.30. The molecule has 1 aromatic heterocycles. The van der Waals surface area contributed by atoms with Crippen LogP contribution in [0.25, 0.3) is 10.9 Å². The molecule has 0 fully saturated rings. The van der Waals surface area contributed by atoms with Crippen LogP contribution in [0.15, 0.2) is 71.5 Å². The van der Waals surface area contributed by atoms with E-state index >= 15 is 0 Å². The van der Waals surface area contributed by atoms with Gasteiger partial charge in [-0.2, -0.15) is 0 Å². The second kappa shape index (κ2) is 8.98. The Morgan fingerprint density at radius 2 is 1.78 bits per heavy atom. The number of fused-ring (bicyclic) bond motifs is 1. The highest BCUT2D eigenvalue weighted by Gasteiger charge is 2.26. The first-order valence-electron chi connectivity index (χ1n) is 9.63. The van der Waals surface area contributed by atoms with Crippen LogP contribution in [0.4, 0.5) is 20.6 Å². The van der Waals surface area contributed by atoms with Crippen LogP contribution in [-0.2, 0) is 0 Å². The van der Waals surface area contributed by atoms with Gasteiger partial charge in [0.1, 0.15) is 11.6 Å². The molecule has 2 amide bonds. The number of aromatic nitrogens is 2. The Labute approximate surface area is 192 Å². The van der Waals surface area contributed by atoms with E-state index in [0.29, 0.717) is 27.3 Å². The van der Waals surface area contributed by atoms with Crippen molar-refractivity contribution in [3.63, 3.8) is 0 Å². The summed E-state index contributed by atoms with van der Waals surface area (Å²) in [7, 11) is 0. The predicted molar refractivity (Wildman–Crippen MR) is 125 cm³/mol. The number of nitrogens with one attached hydrogen (secondary N) is 2. The number of carbonyl (C=O) groups excluding carboxylic acids is 1. The third-order valence-electron chi connectivity index (χ3n) is 4.91. The summed E-state index contributed by atoms with van der Waals surface area (Å²) in [6, 6.07) is 15.8. The lowest BCUT2D eigenvalue weighted by Gasteiger charge is -2.29. The molecule has 32 heavy (non-hydrogen) atoms. The van der Waals surface area contributed by atoms with Crippen molar-refractivity contribution in [1.29, 1.82) is 0 Å². The van der Waals surface area contributed by atoms with Crippen LogP contribution in [0, 0.1) is 5.82 Å². The van der Waals surface area contributed by atoms with Crippen molar-refractivity contribution in [3.8, 4) is 0 Å². The molecule has 1 unspecified atom stereocenters. The maximum Gasteiger partial charge on any atom is 0.326 e.